The molecule has 2 N–H and O–H groups in total. The van der Waals surface area contributed by atoms with E-state index in [2.05, 4.69) is 30.6 Å². The second-order valence-corrected chi connectivity index (χ2v) is 9.46. The molecule has 168 valence electrons. The van der Waals surface area contributed by atoms with Crippen molar-refractivity contribution in [2.75, 3.05) is 5.32 Å². The maximum atomic E-state index is 14.0. The van der Waals surface area contributed by atoms with Crippen molar-refractivity contribution in [1.82, 2.24) is 5.32 Å². The topological polar surface area (TPSA) is 58.2 Å². The predicted octanol–water partition coefficient (Wildman–Crippen LogP) is 6.41. The number of carbonyl (C=O) groups is 2. The van der Waals surface area contributed by atoms with E-state index in [9.17, 15) is 14.0 Å². The molecule has 0 bridgehead atoms. The van der Waals surface area contributed by atoms with Crippen LogP contribution in [0.4, 0.5) is 10.1 Å². The molecule has 6 heteroatoms. The van der Waals surface area contributed by atoms with Gasteiger partial charge in [-0.2, -0.15) is 0 Å². The largest absolute Gasteiger partial charge is 0.341 e. The van der Waals surface area contributed by atoms with Crippen molar-refractivity contribution in [3.8, 4) is 0 Å². The summed E-state index contributed by atoms with van der Waals surface area (Å²) in [4.78, 5) is 26.2. The maximum Gasteiger partial charge on any atom is 0.252 e. The van der Waals surface area contributed by atoms with Gasteiger partial charge in [0.15, 0.2) is 0 Å². The number of hydrogen-bond donors (Lipinski definition) is 2. The molecule has 0 saturated heterocycles. The highest BCUT2D eigenvalue weighted by atomic mass is 35.5. The number of carbonyl (C=O) groups excluding carboxylic acids is 2. The second-order valence-electron chi connectivity index (χ2n) is 9.05. The monoisotopic (exact) mass is 454 g/mol. The van der Waals surface area contributed by atoms with Crippen molar-refractivity contribution in [2.45, 2.75) is 52.5 Å². The van der Waals surface area contributed by atoms with E-state index in [0.717, 1.165) is 25.7 Å². The van der Waals surface area contributed by atoms with Gasteiger partial charge in [-0.15, -0.1) is 0 Å². The van der Waals surface area contributed by atoms with Crippen LogP contribution in [0.2, 0.25) is 5.02 Å². The summed E-state index contributed by atoms with van der Waals surface area (Å²) < 4.78 is 14.0. The van der Waals surface area contributed by atoms with Gasteiger partial charge in [0.1, 0.15) is 5.82 Å². The van der Waals surface area contributed by atoms with Crippen LogP contribution in [0.15, 0.2) is 48.0 Å². The van der Waals surface area contributed by atoms with Crippen LogP contribution in [-0.4, -0.2) is 11.8 Å². The van der Waals surface area contributed by atoms with Crippen LogP contribution in [0, 0.1) is 17.2 Å². The van der Waals surface area contributed by atoms with Crippen molar-refractivity contribution in [2.24, 2.45) is 11.3 Å². The fourth-order valence-corrected chi connectivity index (χ4v) is 5.23. The number of anilines is 1. The summed E-state index contributed by atoms with van der Waals surface area (Å²) >= 11 is 6.34. The minimum absolute atomic E-state index is 0.0987. The number of amides is 2. The van der Waals surface area contributed by atoms with Crippen LogP contribution in [0.25, 0.3) is 0 Å². The molecule has 2 amide bonds. The van der Waals surface area contributed by atoms with Crippen molar-refractivity contribution in [1.29, 1.82) is 0 Å². The van der Waals surface area contributed by atoms with Gasteiger partial charge in [-0.25, -0.2) is 4.39 Å². The molecule has 0 aromatic heterocycles. The number of nitrogens with one attached hydrogen (secondary N) is 2. The Hall–Kier alpha value is -2.66. The number of benzene rings is 2. The third kappa shape index (κ3) is 4.06. The molecule has 0 radical (unpaired) electrons. The lowest BCUT2D eigenvalue weighted by Gasteiger charge is -2.35. The quantitative estimate of drug-likeness (QED) is 0.512. The predicted molar refractivity (Wildman–Crippen MR) is 125 cm³/mol. The van der Waals surface area contributed by atoms with Gasteiger partial charge in [0.25, 0.3) is 5.91 Å². The average molecular weight is 455 g/mol. The van der Waals surface area contributed by atoms with Gasteiger partial charge in [-0.3, -0.25) is 9.59 Å². The molecular formula is C26H28ClFN2O2. The van der Waals surface area contributed by atoms with Crippen molar-refractivity contribution >= 4 is 29.1 Å². The van der Waals surface area contributed by atoms with Crippen molar-refractivity contribution in [3.63, 3.8) is 0 Å². The first kappa shape index (κ1) is 22.5. The first-order valence-corrected chi connectivity index (χ1v) is 11.5. The van der Waals surface area contributed by atoms with Crippen LogP contribution < -0.4 is 10.6 Å². The normalized spacial score (nSPS) is 24.5. The Kier molecular flexibility index (Phi) is 6.13. The van der Waals surface area contributed by atoms with Crippen LogP contribution in [0.5, 0.6) is 0 Å². The van der Waals surface area contributed by atoms with Crippen LogP contribution in [0.1, 0.15) is 74.0 Å². The molecule has 4 nitrogen and oxygen atoms in total. The molecule has 0 fully saturated rings. The molecule has 2 aromatic rings. The van der Waals surface area contributed by atoms with Crippen LogP contribution in [0.3, 0.4) is 0 Å². The molecular weight excluding hydrogens is 427 g/mol. The van der Waals surface area contributed by atoms with Crippen molar-refractivity contribution < 1.29 is 14.0 Å². The van der Waals surface area contributed by atoms with Gasteiger partial charge in [0.05, 0.1) is 11.5 Å². The highest BCUT2D eigenvalue weighted by molar-refractivity contribution is 6.31. The SMILES string of the molecule is CCC1=CC(C)(C(=O)Nc2cccc3c2C(c2cc(F)ccc2Cl)NC3=O)CC(CC)C1. The van der Waals surface area contributed by atoms with E-state index in [1.54, 1.807) is 18.2 Å². The van der Waals surface area contributed by atoms with E-state index < -0.39 is 17.3 Å². The molecule has 1 aliphatic carbocycles. The molecule has 1 aliphatic heterocycles. The fraction of sp³-hybridized carbons (Fsp3) is 0.385. The van der Waals surface area contributed by atoms with Gasteiger partial charge >= 0.3 is 0 Å². The van der Waals surface area contributed by atoms with Crippen LogP contribution in [-0.2, 0) is 4.79 Å². The zero-order chi connectivity index (χ0) is 23.0. The van der Waals surface area contributed by atoms with E-state index in [4.69, 9.17) is 11.6 Å². The lowest BCUT2D eigenvalue weighted by atomic mass is 9.70. The Morgan fingerprint density at radius 2 is 2.06 bits per heavy atom. The van der Waals surface area contributed by atoms with E-state index in [0.29, 0.717) is 33.3 Å². The zero-order valence-corrected chi connectivity index (χ0v) is 19.4. The first-order chi connectivity index (χ1) is 15.3. The summed E-state index contributed by atoms with van der Waals surface area (Å²) in [6.07, 6.45) is 5.89. The summed E-state index contributed by atoms with van der Waals surface area (Å²) in [7, 11) is 0. The molecule has 3 unspecified atom stereocenters. The molecule has 32 heavy (non-hydrogen) atoms. The van der Waals surface area contributed by atoms with Gasteiger partial charge in [0, 0.05) is 27.4 Å². The van der Waals surface area contributed by atoms with Gasteiger partial charge in [0.2, 0.25) is 5.91 Å². The number of rotatable bonds is 5. The smallest absolute Gasteiger partial charge is 0.252 e. The summed E-state index contributed by atoms with van der Waals surface area (Å²) in [6, 6.07) is 8.68. The molecule has 2 aliphatic rings. The third-order valence-electron chi connectivity index (χ3n) is 6.77. The standard InChI is InChI=1S/C26H28ClFN2O2/c1-4-15-11-16(5-2)14-26(3,13-15)25(32)29-21-8-6-7-18-22(21)23(30-24(18)31)19-12-17(28)9-10-20(19)27/h6-10,12-13,16,23H,4-5,11,14H2,1-3H3,(H,29,32)(H,30,31). The molecule has 0 saturated carbocycles. The number of allylic oxidation sites excluding steroid dienone is 1. The average Bonchev–Trinajstić information content (AvgIpc) is 3.12. The molecule has 4 rings (SSSR count). The van der Waals surface area contributed by atoms with E-state index in [1.807, 2.05) is 6.92 Å². The highest BCUT2D eigenvalue weighted by Gasteiger charge is 2.39. The number of hydrogen-bond acceptors (Lipinski definition) is 2. The Bertz CT molecular complexity index is 1110. The lowest BCUT2D eigenvalue weighted by Crippen LogP contribution is -2.36. The Morgan fingerprint density at radius 1 is 1.28 bits per heavy atom. The summed E-state index contributed by atoms with van der Waals surface area (Å²) in [5, 5.41) is 6.32. The number of fused-ring (bicyclic) bond motifs is 1. The lowest BCUT2D eigenvalue weighted by molar-refractivity contribution is -0.123. The van der Waals surface area contributed by atoms with E-state index in [-0.39, 0.29) is 11.8 Å². The number of halogens is 2. The minimum Gasteiger partial charge on any atom is -0.341 e. The molecule has 3 atom stereocenters. The second kappa shape index (κ2) is 8.70. The molecule has 2 aromatic carbocycles. The summed E-state index contributed by atoms with van der Waals surface area (Å²) in [5.74, 6) is -0.344. The molecule has 0 spiro atoms. The Labute approximate surface area is 193 Å². The Morgan fingerprint density at radius 3 is 2.78 bits per heavy atom. The summed E-state index contributed by atoms with van der Waals surface area (Å²) in [6.45, 7) is 6.26. The van der Waals surface area contributed by atoms with Gasteiger partial charge in [-0.05, 0) is 62.4 Å². The van der Waals surface area contributed by atoms with E-state index >= 15 is 0 Å². The van der Waals surface area contributed by atoms with Crippen LogP contribution >= 0.6 is 11.6 Å². The molecule has 1 heterocycles. The van der Waals surface area contributed by atoms with Gasteiger partial charge < -0.3 is 10.6 Å². The fourth-order valence-electron chi connectivity index (χ4n) is 5.00. The summed E-state index contributed by atoms with van der Waals surface area (Å²) in [5.41, 5.74) is 2.75. The minimum atomic E-state index is -0.638. The zero-order valence-electron chi connectivity index (χ0n) is 18.6. The van der Waals surface area contributed by atoms with Gasteiger partial charge in [-0.1, -0.05) is 49.6 Å². The van der Waals surface area contributed by atoms with E-state index in [1.165, 1.54) is 23.8 Å². The van der Waals surface area contributed by atoms with Crippen molar-refractivity contribution in [3.05, 3.63) is 75.6 Å². The first-order valence-electron chi connectivity index (χ1n) is 11.2. The third-order valence-corrected chi connectivity index (χ3v) is 7.11. The highest BCUT2D eigenvalue weighted by Crippen LogP contribution is 2.43. The Balaban J connectivity index is 1.72. The maximum absolute atomic E-state index is 14.0.